The Kier molecular flexibility index (Phi) is 2.89. The van der Waals surface area contributed by atoms with E-state index < -0.39 is 0 Å². The molecule has 5 nitrogen and oxygen atoms in total. The summed E-state index contributed by atoms with van der Waals surface area (Å²) < 4.78 is 0. The molecule has 5 heteroatoms. The second-order valence-electron chi connectivity index (χ2n) is 5.12. The molecule has 1 aromatic heterocycles. The maximum Gasteiger partial charge on any atom is 0.274 e. The van der Waals surface area contributed by atoms with Crippen molar-refractivity contribution < 1.29 is 4.79 Å². The third-order valence-corrected chi connectivity index (χ3v) is 3.91. The summed E-state index contributed by atoms with van der Waals surface area (Å²) in [6.07, 6.45) is 3.60. The van der Waals surface area contributed by atoms with Crippen LogP contribution in [0, 0.1) is 5.92 Å². The van der Waals surface area contributed by atoms with Gasteiger partial charge in [-0.1, -0.05) is 0 Å². The van der Waals surface area contributed by atoms with Crippen LogP contribution in [0.25, 0.3) is 0 Å². The zero-order chi connectivity index (χ0) is 12.5. The van der Waals surface area contributed by atoms with E-state index >= 15 is 0 Å². The molecule has 0 aromatic carbocycles. The lowest BCUT2D eigenvalue weighted by atomic mass is 10.1. The molecule has 1 saturated carbocycles. The Labute approximate surface area is 107 Å². The number of carbonyl (C=O) groups excluding carboxylic acids is 1. The van der Waals surface area contributed by atoms with Gasteiger partial charge in [0.2, 0.25) is 0 Å². The van der Waals surface area contributed by atoms with Crippen molar-refractivity contribution in [3.05, 3.63) is 17.8 Å². The largest absolute Gasteiger partial charge is 0.369 e. The van der Waals surface area contributed by atoms with Gasteiger partial charge in [0.05, 0.1) is 0 Å². The smallest absolute Gasteiger partial charge is 0.274 e. The Morgan fingerprint density at radius 2 is 2.33 bits per heavy atom. The molecule has 2 atom stereocenters. The molecule has 1 aliphatic carbocycles. The minimum absolute atomic E-state index is 0.0396. The number of hydrogen-bond acceptors (Lipinski definition) is 4. The van der Waals surface area contributed by atoms with E-state index in [1.54, 1.807) is 6.07 Å². The van der Waals surface area contributed by atoms with E-state index in [1.807, 2.05) is 17.9 Å². The van der Waals surface area contributed by atoms with Crippen molar-refractivity contribution in [3.63, 3.8) is 0 Å². The molecule has 1 aliphatic heterocycles. The van der Waals surface area contributed by atoms with Crippen LogP contribution in [0.1, 0.15) is 36.7 Å². The zero-order valence-corrected chi connectivity index (χ0v) is 10.6. The molecular formula is C13H18N4O. The van der Waals surface area contributed by atoms with E-state index in [4.69, 9.17) is 0 Å². The number of anilines is 1. The predicted molar refractivity (Wildman–Crippen MR) is 68.4 cm³/mol. The highest BCUT2D eigenvalue weighted by molar-refractivity contribution is 5.92. The molecule has 2 bridgehead atoms. The van der Waals surface area contributed by atoms with Crippen LogP contribution in [0.4, 0.5) is 5.82 Å². The van der Waals surface area contributed by atoms with Crippen molar-refractivity contribution in [2.75, 3.05) is 18.4 Å². The molecule has 1 amide bonds. The summed E-state index contributed by atoms with van der Waals surface area (Å²) in [7, 11) is 0. The summed E-state index contributed by atoms with van der Waals surface area (Å²) in [4.78, 5) is 14.3. The lowest BCUT2D eigenvalue weighted by Crippen LogP contribution is -2.38. The molecule has 96 valence electrons. The highest BCUT2D eigenvalue weighted by atomic mass is 16.2. The first-order valence-electron chi connectivity index (χ1n) is 6.66. The van der Waals surface area contributed by atoms with E-state index in [9.17, 15) is 4.79 Å². The van der Waals surface area contributed by atoms with Crippen molar-refractivity contribution in [1.29, 1.82) is 0 Å². The molecule has 3 rings (SSSR count). The molecular weight excluding hydrogens is 228 g/mol. The quantitative estimate of drug-likeness (QED) is 0.878. The molecule has 1 aromatic rings. The summed E-state index contributed by atoms with van der Waals surface area (Å²) in [6, 6.07) is 4.02. The Morgan fingerprint density at radius 1 is 1.44 bits per heavy atom. The molecule has 2 heterocycles. The van der Waals surface area contributed by atoms with Crippen LogP contribution in [-0.2, 0) is 0 Å². The monoisotopic (exact) mass is 246 g/mol. The summed E-state index contributed by atoms with van der Waals surface area (Å²) in [5.41, 5.74) is 0.462. The number of piperidine rings is 1. The molecule has 0 radical (unpaired) electrons. The third-order valence-electron chi connectivity index (χ3n) is 3.91. The van der Waals surface area contributed by atoms with Crippen LogP contribution in [0.5, 0.6) is 0 Å². The van der Waals surface area contributed by atoms with Crippen LogP contribution in [0.2, 0.25) is 0 Å². The fraction of sp³-hybridized carbons (Fsp3) is 0.615. The van der Waals surface area contributed by atoms with Crippen molar-refractivity contribution in [2.45, 2.75) is 32.2 Å². The maximum absolute atomic E-state index is 12.3. The highest BCUT2D eigenvalue weighted by Crippen LogP contribution is 2.37. The van der Waals surface area contributed by atoms with Gasteiger partial charge < -0.3 is 10.2 Å². The molecule has 1 saturated heterocycles. The highest BCUT2D eigenvalue weighted by Gasteiger charge is 2.40. The summed E-state index contributed by atoms with van der Waals surface area (Å²) >= 11 is 0. The zero-order valence-electron chi connectivity index (χ0n) is 10.6. The van der Waals surface area contributed by atoms with E-state index in [0.29, 0.717) is 17.7 Å². The van der Waals surface area contributed by atoms with Crippen LogP contribution in [-0.4, -0.2) is 40.1 Å². The Morgan fingerprint density at radius 3 is 2.89 bits per heavy atom. The van der Waals surface area contributed by atoms with Gasteiger partial charge in [0.25, 0.3) is 5.91 Å². The fourth-order valence-corrected chi connectivity index (χ4v) is 3.04. The Hall–Kier alpha value is -1.65. The Balaban J connectivity index is 1.72. The molecule has 2 unspecified atom stereocenters. The first-order valence-corrected chi connectivity index (χ1v) is 6.66. The van der Waals surface area contributed by atoms with Crippen molar-refractivity contribution >= 4 is 11.7 Å². The predicted octanol–water partition coefficient (Wildman–Crippen LogP) is 1.53. The number of carbonyl (C=O) groups is 1. The summed E-state index contributed by atoms with van der Waals surface area (Å²) in [6.45, 7) is 3.71. The van der Waals surface area contributed by atoms with Gasteiger partial charge >= 0.3 is 0 Å². The van der Waals surface area contributed by atoms with Gasteiger partial charge in [-0.3, -0.25) is 4.79 Å². The molecule has 1 N–H and O–H groups in total. The number of nitrogens with zero attached hydrogens (tertiary/aromatic N) is 3. The maximum atomic E-state index is 12.3. The average Bonchev–Trinajstić information content (AvgIpc) is 3.01. The first kappa shape index (κ1) is 11.4. The van der Waals surface area contributed by atoms with Crippen molar-refractivity contribution in [3.8, 4) is 0 Å². The average molecular weight is 246 g/mol. The standard InChI is InChI=1S/C13H18N4O/c1-2-14-12-6-5-11(15-16-12)13(18)17-8-9-3-4-10(17)7-9/h5-6,9-10H,2-4,7-8H2,1H3,(H,14,16). The van der Waals surface area contributed by atoms with Gasteiger partial charge in [0.1, 0.15) is 5.82 Å². The van der Waals surface area contributed by atoms with E-state index in [2.05, 4.69) is 15.5 Å². The minimum atomic E-state index is 0.0396. The normalized spacial score (nSPS) is 25.5. The number of hydrogen-bond donors (Lipinski definition) is 1. The lowest BCUT2D eigenvalue weighted by molar-refractivity contribution is 0.0696. The van der Waals surface area contributed by atoms with Crippen molar-refractivity contribution in [1.82, 2.24) is 15.1 Å². The van der Waals surface area contributed by atoms with Gasteiger partial charge in [-0.15, -0.1) is 10.2 Å². The van der Waals surface area contributed by atoms with Crippen LogP contribution >= 0.6 is 0 Å². The van der Waals surface area contributed by atoms with E-state index in [-0.39, 0.29) is 5.91 Å². The van der Waals surface area contributed by atoms with Gasteiger partial charge in [0.15, 0.2) is 5.69 Å². The molecule has 2 aliphatic rings. The summed E-state index contributed by atoms with van der Waals surface area (Å²) in [5.74, 6) is 1.47. The number of aromatic nitrogens is 2. The number of likely N-dealkylation sites (tertiary alicyclic amines) is 1. The van der Waals surface area contributed by atoms with E-state index in [0.717, 1.165) is 25.3 Å². The number of nitrogens with one attached hydrogen (secondary N) is 1. The van der Waals surface area contributed by atoms with Crippen LogP contribution in [0.3, 0.4) is 0 Å². The van der Waals surface area contributed by atoms with Crippen LogP contribution in [0.15, 0.2) is 12.1 Å². The number of amides is 1. The minimum Gasteiger partial charge on any atom is -0.369 e. The van der Waals surface area contributed by atoms with Crippen molar-refractivity contribution in [2.24, 2.45) is 5.92 Å². The molecule has 0 spiro atoms. The second-order valence-corrected chi connectivity index (χ2v) is 5.12. The Bertz CT molecular complexity index is 445. The van der Waals surface area contributed by atoms with Gasteiger partial charge in [-0.2, -0.15) is 0 Å². The first-order chi connectivity index (χ1) is 8.78. The topological polar surface area (TPSA) is 58.1 Å². The van der Waals surface area contributed by atoms with Gasteiger partial charge in [0, 0.05) is 19.1 Å². The SMILES string of the molecule is CCNc1ccc(C(=O)N2CC3CCC2C3)nn1. The van der Waals surface area contributed by atoms with E-state index in [1.165, 1.54) is 12.8 Å². The third kappa shape index (κ3) is 1.94. The summed E-state index contributed by atoms with van der Waals surface area (Å²) in [5, 5.41) is 11.1. The number of rotatable bonds is 3. The fourth-order valence-electron chi connectivity index (χ4n) is 3.04. The lowest BCUT2D eigenvalue weighted by Gasteiger charge is -2.26. The van der Waals surface area contributed by atoms with Gasteiger partial charge in [-0.25, -0.2) is 0 Å². The second kappa shape index (κ2) is 4.55. The van der Waals surface area contributed by atoms with Gasteiger partial charge in [-0.05, 0) is 44.2 Å². The number of fused-ring (bicyclic) bond motifs is 2. The molecule has 2 fully saturated rings. The molecule has 18 heavy (non-hydrogen) atoms. The van der Waals surface area contributed by atoms with Crippen LogP contribution < -0.4 is 5.32 Å².